The Morgan fingerprint density at radius 2 is 2.17 bits per heavy atom. The molecule has 23 heavy (non-hydrogen) atoms. The Morgan fingerprint density at radius 3 is 2.83 bits per heavy atom. The lowest BCUT2D eigenvalue weighted by atomic mass is 10.1. The molecule has 3 rings (SSSR count). The minimum atomic E-state index is -0.869. The maximum Gasteiger partial charge on any atom is 0.229 e. The van der Waals surface area contributed by atoms with Gasteiger partial charge in [0.1, 0.15) is 17.4 Å². The van der Waals surface area contributed by atoms with Crippen LogP contribution in [0, 0.1) is 24.5 Å². The number of anilines is 2. The first kappa shape index (κ1) is 15.1. The predicted molar refractivity (Wildman–Crippen MR) is 76.7 cm³/mol. The molecule has 1 aliphatic rings. The van der Waals surface area contributed by atoms with E-state index in [4.69, 9.17) is 4.52 Å². The zero-order valence-electron chi connectivity index (χ0n) is 12.2. The summed E-state index contributed by atoms with van der Waals surface area (Å²) < 4.78 is 31.3. The van der Waals surface area contributed by atoms with Gasteiger partial charge in [-0.05, 0) is 19.1 Å². The Bertz CT molecular complexity index is 775. The van der Waals surface area contributed by atoms with Crippen LogP contribution in [0.3, 0.4) is 0 Å². The average Bonchev–Trinajstić information content (AvgIpc) is 3.08. The number of nitrogens with one attached hydrogen (secondary N) is 1. The second-order valence-electron chi connectivity index (χ2n) is 5.31. The molecule has 2 aromatic rings. The molecule has 0 saturated carbocycles. The van der Waals surface area contributed by atoms with Crippen molar-refractivity contribution in [3.05, 3.63) is 41.7 Å². The predicted octanol–water partition coefficient (Wildman–Crippen LogP) is 2.25. The van der Waals surface area contributed by atoms with E-state index in [1.54, 1.807) is 13.0 Å². The van der Waals surface area contributed by atoms with Crippen molar-refractivity contribution < 1.29 is 22.9 Å². The van der Waals surface area contributed by atoms with Gasteiger partial charge in [0, 0.05) is 25.1 Å². The van der Waals surface area contributed by atoms with Gasteiger partial charge in [0.2, 0.25) is 11.8 Å². The molecule has 0 radical (unpaired) electrons. The maximum atomic E-state index is 13.6. The molecule has 0 aliphatic carbocycles. The van der Waals surface area contributed by atoms with Crippen LogP contribution in [0.5, 0.6) is 0 Å². The molecule has 6 nitrogen and oxygen atoms in total. The van der Waals surface area contributed by atoms with Gasteiger partial charge in [-0.1, -0.05) is 5.16 Å². The van der Waals surface area contributed by atoms with E-state index < -0.39 is 23.5 Å². The minimum Gasteiger partial charge on any atom is -0.360 e. The molecular weight excluding hydrogens is 308 g/mol. The fourth-order valence-electron chi connectivity index (χ4n) is 2.41. The summed E-state index contributed by atoms with van der Waals surface area (Å²) in [6, 6.07) is 4.46. The van der Waals surface area contributed by atoms with Gasteiger partial charge >= 0.3 is 0 Å². The highest BCUT2D eigenvalue weighted by atomic mass is 19.1. The van der Waals surface area contributed by atoms with E-state index >= 15 is 0 Å². The maximum absolute atomic E-state index is 13.6. The lowest BCUT2D eigenvalue weighted by Gasteiger charge is -2.13. The van der Waals surface area contributed by atoms with E-state index in [1.807, 2.05) is 0 Å². The number of nitrogens with zero attached hydrogens (tertiary/aromatic N) is 2. The summed E-state index contributed by atoms with van der Waals surface area (Å²) >= 11 is 0. The van der Waals surface area contributed by atoms with Crippen LogP contribution in [0.4, 0.5) is 20.3 Å². The first-order chi connectivity index (χ1) is 10.9. The van der Waals surface area contributed by atoms with Gasteiger partial charge in [-0.15, -0.1) is 0 Å². The van der Waals surface area contributed by atoms with Crippen LogP contribution >= 0.6 is 0 Å². The van der Waals surface area contributed by atoms with Crippen molar-refractivity contribution in [2.75, 3.05) is 16.8 Å². The van der Waals surface area contributed by atoms with Crippen LogP contribution in [-0.2, 0) is 9.59 Å². The molecule has 120 valence electrons. The van der Waals surface area contributed by atoms with Crippen molar-refractivity contribution in [1.82, 2.24) is 5.16 Å². The Hall–Kier alpha value is -2.77. The van der Waals surface area contributed by atoms with Crippen LogP contribution in [0.15, 0.2) is 28.8 Å². The summed E-state index contributed by atoms with van der Waals surface area (Å²) in [6.07, 6.45) is -0.0133. The van der Waals surface area contributed by atoms with Crippen LogP contribution in [-0.4, -0.2) is 23.5 Å². The molecule has 2 amide bonds. The Labute approximate surface area is 130 Å². The number of aromatic nitrogens is 1. The quantitative estimate of drug-likeness (QED) is 0.941. The second-order valence-corrected chi connectivity index (χ2v) is 5.31. The van der Waals surface area contributed by atoms with E-state index in [1.165, 1.54) is 4.90 Å². The van der Waals surface area contributed by atoms with Gasteiger partial charge in [-0.2, -0.15) is 0 Å². The monoisotopic (exact) mass is 321 g/mol. The number of carbonyl (C=O) groups is 2. The highest BCUT2D eigenvalue weighted by Crippen LogP contribution is 2.26. The Balaban J connectivity index is 1.70. The van der Waals surface area contributed by atoms with Crippen molar-refractivity contribution in [1.29, 1.82) is 0 Å². The molecule has 1 N–H and O–H groups in total. The summed E-state index contributed by atoms with van der Waals surface area (Å²) in [7, 11) is 0. The number of halogens is 2. The SMILES string of the molecule is Cc1cc(N2CC(C(=O)Nc3ccc(F)cc3F)CC2=O)no1. The van der Waals surface area contributed by atoms with E-state index in [2.05, 4.69) is 10.5 Å². The molecule has 0 bridgehead atoms. The van der Waals surface area contributed by atoms with Crippen molar-refractivity contribution in [2.24, 2.45) is 5.92 Å². The summed E-state index contributed by atoms with van der Waals surface area (Å²) in [5.74, 6) is -2.13. The van der Waals surface area contributed by atoms with Crippen LogP contribution in [0.2, 0.25) is 0 Å². The molecule has 1 aromatic carbocycles. The third-order valence-electron chi connectivity index (χ3n) is 3.58. The topological polar surface area (TPSA) is 75.4 Å². The summed E-state index contributed by atoms with van der Waals surface area (Å²) in [5, 5.41) is 6.12. The van der Waals surface area contributed by atoms with Gasteiger partial charge in [0.05, 0.1) is 11.6 Å². The van der Waals surface area contributed by atoms with Gasteiger partial charge in [-0.3, -0.25) is 14.5 Å². The van der Waals surface area contributed by atoms with Gasteiger partial charge in [0.15, 0.2) is 5.82 Å². The minimum absolute atomic E-state index is 0.0133. The number of aryl methyl sites for hydroxylation is 1. The molecule has 1 fully saturated rings. The fraction of sp³-hybridized carbons (Fsp3) is 0.267. The zero-order chi connectivity index (χ0) is 16.6. The van der Waals surface area contributed by atoms with Crippen LogP contribution < -0.4 is 10.2 Å². The number of amides is 2. The van der Waals surface area contributed by atoms with Crippen LogP contribution in [0.1, 0.15) is 12.2 Å². The molecule has 2 heterocycles. The highest BCUT2D eigenvalue weighted by Gasteiger charge is 2.36. The van der Waals surface area contributed by atoms with E-state index in [9.17, 15) is 18.4 Å². The third-order valence-corrected chi connectivity index (χ3v) is 3.58. The average molecular weight is 321 g/mol. The number of rotatable bonds is 3. The van der Waals surface area contributed by atoms with E-state index in [-0.39, 0.29) is 24.6 Å². The standard InChI is InChI=1S/C15H13F2N3O3/c1-8-4-13(19-23-8)20-7-9(5-14(20)21)15(22)18-12-3-2-10(16)6-11(12)17/h2-4,6,9H,5,7H2,1H3,(H,18,22). The fourth-order valence-corrected chi connectivity index (χ4v) is 2.41. The summed E-state index contributed by atoms with van der Waals surface area (Å²) in [4.78, 5) is 25.5. The second kappa shape index (κ2) is 5.79. The zero-order valence-corrected chi connectivity index (χ0v) is 12.2. The molecule has 1 aliphatic heterocycles. The summed E-state index contributed by atoms with van der Waals surface area (Å²) in [6.45, 7) is 1.82. The molecular formula is C15H13F2N3O3. The molecule has 1 aromatic heterocycles. The third kappa shape index (κ3) is 3.05. The Morgan fingerprint density at radius 1 is 1.39 bits per heavy atom. The number of hydrogen-bond donors (Lipinski definition) is 1. The molecule has 0 spiro atoms. The highest BCUT2D eigenvalue weighted by molar-refractivity contribution is 6.03. The number of benzene rings is 1. The molecule has 8 heteroatoms. The van der Waals surface area contributed by atoms with Crippen molar-refractivity contribution in [2.45, 2.75) is 13.3 Å². The Kier molecular flexibility index (Phi) is 3.81. The van der Waals surface area contributed by atoms with Gasteiger partial charge in [-0.25, -0.2) is 8.78 Å². The molecule has 1 atom stereocenters. The smallest absolute Gasteiger partial charge is 0.229 e. The first-order valence-electron chi connectivity index (χ1n) is 6.93. The lowest BCUT2D eigenvalue weighted by molar-refractivity contribution is -0.122. The van der Waals surface area contributed by atoms with Crippen molar-refractivity contribution in [3.63, 3.8) is 0 Å². The number of hydrogen-bond acceptors (Lipinski definition) is 4. The largest absolute Gasteiger partial charge is 0.360 e. The molecule has 1 saturated heterocycles. The van der Waals surface area contributed by atoms with E-state index in [0.29, 0.717) is 17.6 Å². The number of carbonyl (C=O) groups excluding carboxylic acids is 2. The summed E-state index contributed by atoms with van der Waals surface area (Å²) in [5.41, 5.74) is -0.125. The van der Waals surface area contributed by atoms with Gasteiger partial charge in [0.25, 0.3) is 0 Å². The first-order valence-corrected chi connectivity index (χ1v) is 6.93. The van der Waals surface area contributed by atoms with Gasteiger partial charge < -0.3 is 9.84 Å². The van der Waals surface area contributed by atoms with Crippen molar-refractivity contribution in [3.8, 4) is 0 Å². The molecule has 1 unspecified atom stereocenters. The van der Waals surface area contributed by atoms with E-state index in [0.717, 1.165) is 12.1 Å². The normalized spacial score (nSPS) is 17.6. The lowest BCUT2D eigenvalue weighted by Crippen LogP contribution is -2.28. The van der Waals surface area contributed by atoms with Crippen molar-refractivity contribution >= 4 is 23.3 Å². The van der Waals surface area contributed by atoms with Crippen LogP contribution in [0.25, 0.3) is 0 Å².